The number of ether oxygens (including phenoxy) is 1. The largest absolute Gasteiger partial charge is 0.465 e. The van der Waals surface area contributed by atoms with Crippen molar-refractivity contribution >= 4 is 5.97 Å². The van der Waals surface area contributed by atoms with Crippen LogP contribution in [0.4, 0.5) is 0 Å². The van der Waals surface area contributed by atoms with Crippen LogP contribution < -0.4 is 5.32 Å². The molecule has 0 saturated carbocycles. The van der Waals surface area contributed by atoms with Crippen molar-refractivity contribution in [1.82, 2.24) is 10.2 Å². The Bertz CT molecular complexity index is 461. The summed E-state index contributed by atoms with van der Waals surface area (Å²) in [6.45, 7) is 8.92. The summed E-state index contributed by atoms with van der Waals surface area (Å²) in [5.74, 6) is -0.116. The molecule has 1 heterocycles. The van der Waals surface area contributed by atoms with E-state index in [1.165, 1.54) is 5.56 Å². The summed E-state index contributed by atoms with van der Waals surface area (Å²) < 4.78 is 5.30. The summed E-state index contributed by atoms with van der Waals surface area (Å²) in [6, 6.07) is 10.6. The third-order valence-electron chi connectivity index (χ3n) is 3.83. The molecular weight excluding hydrogens is 264 g/mol. The molecule has 1 aliphatic heterocycles. The summed E-state index contributed by atoms with van der Waals surface area (Å²) >= 11 is 0. The van der Waals surface area contributed by atoms with Crippen LogP contribution in [-0.4, -0.2) is 42.1 Å². The zero-order valence-corrected chi connectivity index (χ0v) is 13.3. The first-order valence-corrected chi connectivity index (χ1v) is 7.77. The van der Waals surface area contributed by atoms with Crippen molar-refractivity contribution in [2.75, 3.05) is 19.7 Å². The molecule has 1 saturated heterocycles. The van der Waals surface area contributed by atoms with Crippen LogP contribution in [0.15, 0.2) is 30.3 Å². The first-order chi connectivity index (χ1) is 10.1. The van der Waals surface area contributed by atoms with Gasteiger partial charge in [0.1, 0.15) is 5.54 Å². The van der Waals surface area contributed by atoms with Gasteiger partial charge in [0.2, 0.25) is 0 Å². The maximum Gasteiger partial charge on any atom is 0.327 e. The fourth-order valence-electron chi connectivity index (χ4n) is 3.03. The van der Waals surface area contributed by atoms with E-state index < -0.39 is 5.54 Å². The van der Waals surface area contributed by atoms with E-state index in [9.17, 15) is 4.79 Å². The van der Waals surface area contributed by atoms with Crippen LogP contribution >= 0.6 is 0 Å². The molecule has 0 bridgehead atoms. The Balaban J connectivity index is 2.05. The van der Waals surface area contributed by atoms with Gasteiger partial charge in [-0.05, 0) is 32.8 Å². The second-order valence-electron chi connectivity index (χ2n) is 6.05. The highest BCUT2D eigenvalue weighted by Crippen LogP contribution is 2.25. The van der Waals surface area contributed by atoms with Crippen molar-refractivity contribution in [3.05, 3.63) is 35.9 Å². The molecule has 4 nitrogen and oxygen atoms in total. The molecule has 116 valence electrons. The van der Waals surface area contributed by atoms with E-state index in [0.717, 1.165) is 19.5 Å². The predicted octanol–water partition coefficient (Wildman–Crippen LogP) is 2.19. The number of rotatable bonds is 6. The van der Waals surface area contributed by atoms with Crippen molar-refractivity contribution in [1.29, 1.82) is 0 Å². The van der Waals surface area contributed by atoms with E-state index in [4.69, 9.17) is 4.74 Å². The number of carbonyl (C=O) groups excluding carboxylic acids is 1. The topological polar surface area (TPSA) is 41.6 Å². The summed E-state index contributed by atoms with van der Waals surface area (Å²) in [5, 5.41) is 3.44. The predicted molar refractivity (Wildman–Crippen MR) is 84.0 cm³/mol. The molecule has 1 aliphatic rings. The molecule has 0 aliphatic carbocycles. The molecule has 1 N–H and O–H groups in total. The second-order valence-corrected chi connectivity index (χ2v) is 6.05. The Kier molecular flexibility index (Phi) is 5.37. The highest BCUT2D eigenvalue weighted by molar-refractivity contribution is 5.81. The molecule has 1 aromatic rings. The van der Waals surface area contributed by atoms with E-state index >= 15 is 0 Å². The summed E-state index contributed by atoms with van der Waals surface area (Å²) in [5.41, 5.74) is 0.723. The molecule has 1 unspecified atom stereocenters. The minimum Gasteiger partial charge on any atom is -0.465 e. The quantitative estimate of drug-likeness (QED) is 0.816. The third kappa shape index (κ3) is 4.05. The lowest BCUT2D eigenvalue weighted by Gasteiger charge is -2.30. The smallest absolute Gasteiger partial charge is 0.327 e. The van der Waals surface area contributed by atoms with Gasteiger partial charge in [0.05, 0.1) is 6.61 Å². The summed E-state index contributed by atoms with van der Waals surface area (Å²) in [7, 11) is 0. The summed E-state index contributed by atoms with van der Waals surface area (Å²) in [4.78, 5) is 14.7. The second kappa shape index (κ2) is 7.05. The van der Waals surface area contributed by atoms with Crippen LogP contribution in [0, 0.1) is 0 Å². The van der Waals surface area contributed by atoms with Gasteiger partial charge in [-0.15, -0.1) is 0 Å². The number of benzene rings is 1. The standard InChI is InChI=1S/C17H26N2O2/c1-4-21-16(20)17(18-14(2)3)10-11-19(13-17)12-15-8-6-5-7-9-15/h5-9,14,18H,4,10-13H2,1-3H3. The molecule has 0 aromatic heterocycles. The van der Waals surface area contributed by atoms with Gasteiger partial charge in [-0.2, -0.15) is 0 Å². The molecule has 1 atom stereocenters. The van der Waals surface area contributed by atoms with E-state index in [1.807, 2.05) is 13.0 Å². The van der Waals surface area contributed by atoms with Crippen LogP contribution in [0.5, 0.6) is 0 Å². The van der Waals surface area contributed by atoms with Crippen molar-refractivity contribution in [3.63, 3.8) is 0 Å². The number of hydrogen-bond acceptors (Lipinski definition) is 4. The van der Waals surface area contributed by atoms with Gasteiger partial charge in [0.25, 0.3) is 0 Å². The highest BCUT2D eigenvalue weighted by Gasteiger charge is 2.45. The number of esters is 1. The molecule has 21 heavy (non-hydrogen) atoms. The molecule has 0 amide bonds. The van der Waals surface area contributed by atoms with Crippen LogP contribution in [0.2, 0.25) is 0 Å². The first-order valence-electron chi connectivity index (χ1n) is 7.77. The summed E-state index contributed by atoms with van der Waals surface area (Å²) in [6.07, 6.45) is 0.802. The zero-order valence-electron chi connectivity index (χ0n) is 13.3. The van der Waals surface area contributed by atoms with Crippen LogP contribution in [0.1, 0.15) is 32.8 Å². The van der Waals surface area contributed by atoms with E-state index in [1.54, 1.807) is 0 Å². The number of carbonyl (C=O) groups is 1. The van der Waals surface area contributed by atoms with Crippen molar-refractivity contribution in [2.45, 2.75) is 45.3 Å². The van der Waals surface area contributed by atoms with Gasteiger partial charge in [-0.3, -0.25) is 10.2 Å². The first kappa shape index (κ1) is 16.0. The SMILES string of the molecule is CCOC(=O)C1(NC(C)C)CCN(Cc2ccccc2)C1. The van der Waals surface area contributed by atoms with Crippen LogP contribution in [0.3, 0.4) is 0 Å². The number of nitrogens with zero attached hydrogens (tertiary/aromatic N) is 1. The van der Waals surface area contributed by atoms with Crippen LogP contribution in [0.25, 0.3) is 0 Å². The lowest BCUT2D eigenvalue weighted by molar-refractivity contribution is -0.151. The van der Waals surface area contributed by atoms with Crippen molar-refractivity contribution in [3.8, 4) is 0 Å². The van der Waals surface area contributed by atoms with Gasteiger partial charge >= 0.3 is 5.97 Å². The number of nitrogens with one attached hydrogen (secondary N) is 1. The fraction of sp³-hybridized carbons (Fsp3) is 0.588. The lowest BCUT2D eigenvalue weighted by Crippen LogP contribution is -2.57. The molecule has 0 radical (unpaired) electrons. The number of hydrogen-bond donors (Lipinski definition) is 1. The molecular formula is C17H26N2O2. The van der Waals surface area contributed by atoms with Gasteiger partial charge in [-0.25, -0.2) is 4.79 Å². The highest BCUT2D eigenvalue weighted by atomic mass is 16.5. The Morgan fingerprint density at radius 3 is 2.71 bits per heavy atom. The minimum absolute atomic E-state index is 0.116. The van der Waals surface area contributed by atoms with Crippen LogP contribution in [-0.2, 0) is 16.1 Å². The van der Waals surface area contributed by atoms with E-state index in [-0.39, 0.29) is 12.0 Å². The Labute approximate surface area is 127 Å². The maximum absolute atomic E-state index is 12.4. The molecule has 1 aromatic carbocycles. The molecule has 2 rings (SSSR count). The third-order valence-corrected chi connectivity index (χ3v) is 3.83. The lowest BCUT2D eigenvalue weighted by atomic mass is 9.97. The van der Waals surface area contributed by atoms with Crippen molar-refractivity contribution < 1.29 is 9.53 Å². The Morgan fingerprint density at radius 2 is 2.10 bits per heavy atom. The van der Waals surface area contributed by atoms with Gasteiger partial charge < -0.3 is 4.74 Å². The van der Waals surface area contributed by atoms with E-state index in [0.29, 0.717) is 13.2 Å². The average Bonchev–Trinajstić information content (AvgIpc) is 2.83. The van der Waals surface area contributed by atoms with Crippen molar-refractivity contribution in [2.24, 2.45) is 0 Å². The van der Waals surface area contributed by atoms with Gasteiger partial charge in [0, 0.05) is 25.7 Å². The normalized spacial score (nSPS) is 22.7. The van der Waals surface area contributed by atoms with Gasteiger partial charge in [-0.1, -0.05) is 30.3 Å². The molecule has 1 fully saturated rings. The molecule has 4 heteroatoms. The average molecular weight is 290 g/mol. The minimum atomic E-state index is -0.557. The zero-order chi connectivity index (χ0) is 15.3. The Hall–Kier alpha value is -1.39. The number of likely N-dealkylation sites (tertiary alicyclic amines) is 1. The monoisotopic (exact) mass is 290 g/mol. The van der Waals surface area contributed by atoms with Gasteiger partial charge in [0.15, 0.2) is 0 Å². The maximum atomic E-state index is 12.4. The Morgan fingerprint density at radius 1 is 1.38 bits per heavy atom. The molecule has 0 spiro atoms. The van der Waals surface area contributed by atoms with E-state index in [2.05, 4.69) is 48.3 Å². The fourth-order valence-corrected chi connectivity index (χ4v) is 3.03.